The number of alkyl halides is 3. The first kappa shape index (κ1) is 24.3. The summed E-state index contributed by atoms with van der Waals surface area (Å²) in [7, 11) is 0. The van der Waals surface area contributed by atoms with Crippen LogP contribution in [0.4, 0.5) is 41.0 Å². The Morgan fingerprint density at radius 1 is 1.17 bits per heavy atom. The van der Waals surface area contributed by atoms with Gasteiger partial charge < -0.3 is 14.5 Å². The SMILES string of the molecule is C[C@@H](CC(=O)c1ccc2c(n1)N(C(=O)Nc1cc(N3CCOCC3)ccn1)[C@H]1CCN2C1)C(F)(F)F. The molecule has 0 aliphatic carbocycles. The Morgan fingerprint density at radius 3 is 2.69 bits per heavy atom. The number of Topliss-reactive ketones (excluding diaryl/α,β-unsaturated/α-hetero) is 1. The van der Waals surface area contributed by atoms with Crippen LogP contribution in [-0.2, 0) is 4.74 Å². The van der Waals surface area contributed by atoms with Crippen LogP contribution in [-0.4, -0.2) is 73.4 Å². The smallest absolute Gasteiger partial charge is 0.378 e. The van der Waals surface area contributed by atoms with Crippen molar-refractivity contribution < 1.29 is 27.5 Å². The van der Waals surface area contributed by atoms with Crippen LogP contribution in [0.3, 0.4) is 0 Å². The van der Waals surface area contributed by atoms with Crippen LogP contribution in [0.1, 0.15) is 30.3 Å². The van der Waals surface area contributed by atoms with E-state index in [1.807, 2.05) is 6.07 Å². The number of nitrogens with one attached hydrogen (secondary N) is 1. The molecule has 3 aliphatic rings. The molecule has 0 unspecified atom stereocenters. The highest BCUT2D eigenvalue weighted by Crippen LogP contribution is 2.39. The quantitative estimate of drug-likeness (QED) is 0.621. The fraction of sp³-hybridized carbons (Fsp3) is 0.500. The molecule has 0 spiro atoms. The Balaban J connectivity index is 1.38. The maximum Gasteiger partial charge on any atom is 0.391 e. The number of carbonyl (C=O) groups is 2. The Morgan fingerprint density at radius 2 is 1.94 bits per heavy atom. The first-order valence-corrected chi connectivity index (χ1v) is 12.0. The second-order valence-corrected chi connectivity index (χ2v) is 9.30. The molecular formula is C24H27F3N6O3. The Bertz CT molecular complexity index is 1150. The number of anilines is 4. The summed E-state index contributed by atoms with van der Waals surface area (Å²) in [5.41, 5.74) is 1.51. The molecule has 1 N–H and O–H groups in total. The number of morpholine rings is 1. The van der Waals surface area contributed by atoms with Crippen LogP contribution in [0.15, 0.2) is 30.5 Å². The number of pyridine rings is 2. The lowest BCUT2D eigenvalue weighted by Gasteiger charge is -2.35. The maximum absolute atomic E-state index is 13.4. The minimum Gasteiger partial charge on any atom is -0.378 e. The second-order valence-electron chi connectivity index (χ2n) is 9.30. The first-order valence-electron chi connectivity index (χ1n) is 12.0. The minimum absolute atomic E-state index is 0.0856. The summed E-state index contributed by atoms with van der Waals surface area (Å²) in [4.78, 5) is 40.4. The van der Waals surface area contributed by atoms with Gasteiger partial charge in [0.2, 0.25) is 0 Å². The van der Waals surface area contributed by atoms with Gasteiger partial charge in [-0.15, -0.1) is 0 Å². The third-order valence-electron chi connectivity index (χ3n) is 6.86. The van der Waals surface area contributed by atoms with Crippen molar-refractivity contribution in [1.82, 2.24) is 9.97 Å². The van der Waals surface area contributed by atoms with Crippen molar-refractivity contribution in [1.29, 1.82) is 0 Å². The highest BCUT2D eigenvalue weighted by molar-refractivity contribution is 6.05. The van der Waals surface area contributed by atoms with Crippen molar-refractivity contribution in [2.45, 2.75) is 32.0 Å². The van der Waals surface area contributed by atoms with Gasteiger partial charge in [-0.25, -0.2) is 14.8 Å². The second kappa shape index (κ2) is 9.57. The average molecular weight is 505 g/mol. The molecule has 2 bridgehead atoms. The number of nitrogens with zero attached hydrogens (tertiary/aromatic N) is 5. The van der Waals surface area contributed by atoms with Crippen LogP contribution < -0.4 is 20.0 Å². The summed E-state index contributed by atoms with van der Waals surface area (Å²) in [6, 6.07) is 6.13. The van der Waals surface area contributed by atoms with E-state index in [1.54, 1.807) is 18.3 Å². The zero-order valence-corrected chi connectivity index (χ0v) is 19.8. The van der Waals surface area contributed by atoms with E-state index < -0.39 is 30.3 Å². The van der Waals surface area contributed by atoms with E-state index in [1.165, 1.54) is 11.0 Å². The molecule has 5 rings (SSSR count). The van der Waals surface area contributed by atoms with E-state index in [4.69, 9.17) is 4.74 Å². The number of halogens is 3. The number of rotatable bonds is 5. The first-order chi connectivity index (χ1) is 17.2. The van der Waals surface area contributed by atoms with Crippen LogP contribution in [0.25, 0.3) is 0 Å². The third kappa shape index (κ3) is 4.81. The normalized spacial score (nSPS) is 20.2. The molecule has 2 aromatic rings. The highest BCUT2D eigenvalue weighted by atomic mass is 19.4. The van der Waals surface area contributed by atoms with E-state index in [2.05, 4.69) is 25.1 Å². The lowest BCUT2D eigenvalue weighted by Crippen LogP contribution is -2.48. The van der Waals surface area contributed by atoms with Crippen molar-refractivity contribution in [3.05, 3.63) is 36.2 Å². The molecule has 36 heavy (non-hydrogen) atoms. The third-order valence-corrected chi connectivity index (χ3v) is 6.86. The highest BCUT2D eigenvalue weighted by Gasteiger charge is 2.41. The number of aromatic nitrogens is 2. The number of ketones is 1. The van der Waals surface area contributed by atoms with Crippen molar-refractivity contribution in [2.24, 2.45) is 5.92 Å². The number of ether oxygens (including phenoxy) is 1. The number of fused-ring (bicyclic) bond motifs is 4. The minimum atomic E-state index is -4.47. The molecule has 2 atom stereocenters. The monoisotopic (exact) mass is 504 g/mol. The van der Waals surface area contributed by atoms with Crippen LogP contribution in [0.2, 0.25) is 0 Å². The largest absolute Gasteiger partial charge is 0.391 e. The van der Waals surface area contributed by atoms with Crippen molar-refractivity contribution >= 4 is 34.8 Å². The molecular weight excluding hydrogens is 477 g/mol. The molecule has 2 aromatic heterocycles. The van der Waals surface area contributed by atoms with Crippen LogP contribution in [0.5, 0.6) is 0 Å². The summed E-state index contributed by atoms with van der Waals surface area (Å²) >= 11 is 0. The molecule has 5 heterocycles. The fourth-order valence-electron chi connectivity index (χ4n) is 4.80. The maximum atomic E-state index is 13.4. The van der Waals surface area contributed by atoms with Gasteiger partial charge in [0.05, 0.1) is 30.9 Å². The summed E-state index contributed by atoms with van der Waals surface area (Å²) in [6.45, 7) is 5.03. The van der Waals surface area contributed by atoms with Gasteiger partial charge in [-0.3, -0.25) is 15.0 Å². The molecule has 192 valence electrons. The van der Waals surface area contributed by atoms with Gasteiger partial charge in [-0.2, -0.15) is 13.2 Å². The number of hydrogen-bond acceptors (Lipinski definition) is 7. The predicted molar refractivity (Wildman–Crippen MR) is 128 cm³/mol. The number of urea groups is 1. The number of hydrogen-bond donors (Lipinski definition) is 1. The average Bonchev–Trinajstić information content (AvgIpc) is 3.28. The number of amides is 2. The van der Waals surface area contributed by atoms with Crippen molar-refractivity contribution in [3.63, 3.8) is 0 Å². The van der Waals surface area contributed by atoms with E-state index in [0.29, 0.717) is 44.2 Å². The van der Waals surface area contributed by atoms with E-state index in [9.17, 15) is 22.8 Å². The van der Waals surface area contributed by atoms with E-state index in [-0.39, 0.29) is 17.6 Å². The molecule has 0 aromatic carbocycles. The zero-order chi connectivity index (χ0) is 25.4. The van der Waals surface area contributed by atoms with Crippen molar-refractivity contribution in [2.75, 3.05) is 59.4 Å². The van der Waals surface area contributed by atoms with Gasteiger partial charge in [0, 0.05) is 50.6 Å². The standard InChI is InChI=1S/C24H27F3N6O3/c1-15(24(25,26)27)12-20(34)18-2-3-19-22(29-18)33(17-5-7-32(19)14-17)23(35)30-21-13-16(4-6-28-21)31-8-10-36-11-9-31/h2-4,6,13,15,17H,5,7-12,14H2,1H3,(H,28,30,35)/t15-,17-/m0/s1. The topological polar surface area (TPSA) is 90.9 Å². The molecule has 2 saturated heterocycles. The van der Waals surface area contributed by atoms with E-state index >= 15 is 0 Å². The Kier molecular flexibility index (Phi) is 6.45. The Hall–Kier alpha value is -3.41. The van der Waals surface area contributed by atoms with Gasteiger partial charge in [-0.05, 0) is 24.6 Å². The summed E-state index contributed by atoms with van der Waals surface area (Å²) < 4.78 is 44.3. The molecule has 12 heteroatoms. The summed E-state index contributed by atoms with van der Waals surface area (Å²) in [5.74, 6) is -1.85. The molecule has 2 amide bonds. The molecule has 3 aliphatic heterocycles. The molecule has 0 radical (unpaired) electrons. The van der Waals surface area contributed by atoms with Gasteiger partial charge in [0.25, 0.3) is 0 Å². The lowest BCUT2D eigenvalue weighted by molar-refractivity contribution is -0.168. The van der Waals surface area contributed by atoms with Crippen LogP contribution in [0, 0.1) is 5.92 Å². The molecule has 0 saturated carbocycles. The lowest BCUT2D eigenvalue weighted by atomic mass is 10.0. The Labute approximate surface area is 206 Å². The van der Waals surface area contributed by atoms with Crippen LogP contribution >= 0.6 is 0 Å². The number of carbonyl (C=O) groups excluding carboxylic acids is 2. The summed E-state index contributed by atoms with van der Waals surface area (Å²) in [6.07, 6.45) is -2.84. The van der Waals surface area contributed by atoms with Gasteiger partial charge in [0.15, 0.2) is 11.6 Å². The summed E-state index contributed by atoms with van der Waals surface area (Å²) in [5, 5.41) is 2.84. The van der Waals surface area contributed by atoms with Gasteiger partial charge in [-0.1, -0.05) is 6.92 Å². The fourth-order valence-corrected chi connectivity index (χ4v) is 4.80. The molecule has 9 nitrogen and oxygen atoms in total. The molecule has 2 fully saturated rings. The predicted octanol–water partition coefficient (Wildman–Crippen LogP) is 3.72. The van der Waals surface area contributed by atoms with E-state index in [0.717, 1.165) is 25.7 Å². The van der Waals surface area contributed by atoms with Crippen molar-refractivity contribution in [3.8, 4) is 0 Å². The van der Waals surface area contributed by atoms with Gasteiger partial charge >= 0.3 is 12.2 Å². The zero-order valence-electron chi connectivity index (χ0n) is 19.8. The van der Waals surface area contributed by atoms with Gasteiger partial charge in [0.1, 0.15) is 11.5 Å².